The van der Waals surface area contributed by atoms with Crippen LogP contribution in [0.2, 0.25) is 0 Å². The molecule has 2 aromatic rings. The molecule has 2 aromatic heterocycles. The number of thiophene rings is 1. The largest absolute Gasteiger partial charge is 0.419 e. The first kappa shape index (κ1) is 10.3. The number of rotatable bonds is 5. The van der Waals surface area contributed by atoms with Crippen molar-refractivity contribution in [2.45, 2.75) is 19.9 Å². The lowest BCUT2D eigenvalue weighted by atomic mass is 10.3. The van der Waals surface area contributed by atoms with Crippen LogP contribution in [0.25, 0.3) is 11.5 Å². The van der Waals surface area contributed by atoms with Gasteiger partial charge in [0.25, 0.3) is 0 Å². The molecule has 0 aliphatic heterocycles. The van der Waals surface area contributed by atoms with E-state index >= 15 is 0 Å². The van der Waals surface area contributed by atoms with Gasteiger partial charge in [0.1, 0.15) is 0 Å². The SMILES string of the molecule is CCCNCc1nnc(-c2ccsc2)o1. The van der Waals surface area contributed by atoms with Crippen LogP contribution in [-0.2, 0) is 6.54 Å². The second-order valence-electron chi connectivity index (χ2n) is 3.19. The van der Waals surface area contributed by atoms with Gasteiger partial charge in [-0.1, -0.05) is 6.92 Å². The summed E-state index contributed by atoms with van der Waals surface area (Å²) in [6.07, 6.45) is 1.10. The standard InChI is InChI=1S/C10H13N3OS/c1-2-4-11-6-9-12-13-10(14-9)8-3-5-15-7-8/h3,5,7,11H,2,4,6H2,1H3. The maximum absolute atomic E-state index is 5.50. The average molecular weight is 223 g/mol. The van der Waals surface area contributed by atoms with Crippen molar-refractivity contribution >= 4 is 11.3 Å². The predicted octanol–water partition coefficient (Wildman–Crippen LogP) is 2.30. The summed E-state index contributed by atoms with van der Waals surface area (Å²) < 4.78 is 5.50. The van der Waals surface area contributed by atoms with Crippen molar-refractivity contribution in [2.75, 3.05) is 6.54 Å². The molecule has 0 bridgehead atoms. The van der Waals surface area contributed by atoms with Gasteiger partial charge in [-0.05, 0) is 24.4 Å². The van der Waals surface area contributed by atoms with Gasteiger partial charge in [-0.25, -0.2) is 0 Å². The lowest BCUT2D eigenvalue weighted by Crippen LogP contribution is -2.13. The molecular formula is C10H13N3OS. The van der Waals surface area contributed by atoms with Gasteiger partial charge >= 0.3 is 0 Å². The summed E-state index contributed by atoms with van der Waals surface area (Å²) in [6, 6.07) is 1.97. The van der Waals surface area contributed by atoms with Crippen LogP contribution in [-0.4, -0.2) is 16.7 Å². The minimum atomic E-state index is 0.601. The van der Waals surface area contributed by atoms with Gasteiger partial charge in [-0.3, -0.25) is 0 Å². The van der Waals surface area contributed by atoms with Crippen molar-refractivity contribution in [2.24, 2.45) is 0 Å². The molecule has 2 rings (SSSR count). The quantitative estimate of drug-likeness (QED) is 0.790. The number of nitrogens with zero attached hydrogens (tertiary/aromatic N) is 2. The Morgan fingerprint density at radius 3 is 3.13 bits per heavy atom. The Morgan fingerprint density at radius 1 is 1.47 bits per heavy atom. The number of nitrogens with one attached hydrogen (secondary N) is 1. The highest BCUT2D eigenvalue weighted by Gasteiger charge is 2.07. The molecule has 0 fully saturated rings. The highest BCUT2D eigenvalue weighted by atomic mass is 32.1. The third-order valence-corrected chi connectivity index (χ3v) is 2.62. The van der Waals surface area contributed by atoms with Gasteiger partial charge in [0.05, 0.1) is 6.54 Å². The average Bonchev–Trinajstić information content (AvgIpc) is 2.87. The van der Waals surface area contributed by atoms with Crippen LogP contribution < -0.4 is 5.32 Å². The fourth-order valence-corrected chi connectivity index (χ4v) is 1.83. The van der Waals surface area contributed by atoms with Gasteiger partial charge in [0.15, 0.2) is 0 Å². The van der Waals surface area contributed by atoms with Gasteiger partial charge in [-0.15, -0.1) is 10.2 Å². The first-order valence-corrected chi connectivity index (χ1v) is 5.90. The van der Waals surface area contributed by atoms with Crippen molar-refractivity contribution in [1.29, 1.82) is 0 Å². The molecule has 0 saturated heterocycles. The highest BCUT2D eigenvalue weighted by Crippen LogP contribution is 2.20. The Balaban J connectivity index is 1.98. The number of hydrogen-bond acceptors (Lipinski definition) is 5. The first-order valence-electron chi connectivity index (χ1n) is 4.96. The van der Waals surface area contributed by atoms with E-state index < -0.39 is 0 Å². The van der Waals surface area contributed by atoms with E-state index in [1.807, 2.05) is 16.8 Å². The van der Waals surface area contributed by atoms with Crippen molar-refractivity contribution in [3.05, 3.63) is 22.7 Å². The third-order valence-electron chi connectivity index (χ3n) is 1.94. The molecule has 80 valence electrons. The van der Waals surface area contributed by atoms with Crippen molar-refractivity contribution in [3.8, 4) is 11.5 Å². The summed E-state index contributed by atoms with van der Waals surface area (Å²) in [5, 5.41) is 15.2. The van der Waals surface area contributed by atoms with Crippen molar-refractivity contribution < 1.29 is 4.42 Å². The zero-order valence-corrected chi connectivity index (χ0v) is 9.38. The predicted molar refractivity (Wildman–Crippen MR) is 59.6 cm³/mol. The van der Waals surface area contributed by atoms with E-state index in [2.05, 4.69) is 22.4 Å². The molecule has 0 aromatic carbocycles. The minimum absolute atomic E-state index is 0.601. The third kappa shape index (κ3) is 2.64. The molecule has 0 atom stereocenters. The molecular weight excluding hydrogens is 210 g/mol. The summed E-state index contributed by atoms with van der Waals surface area (Å²) in [6.45, 7) is 3.73. The van der Waals surface area contributed by atoms with Gasteiger partial charge in [-0.2, -0.15) is 11.3 Å². The maximum Gasteiger partial charge on any atom is 0.248 e. The Labute approximate surface area is 92.3 Å². The van der Waals surface area contributed by atoms with Gasteiger partial charge in [0, 0.05) is 10.9 Å². The van der Waals surface area contributed by atoms with E-state index in [9.17, 15) is 0 Å². The molecule has 2 heterocycles. The normalized spacial score (nSPS) is 10.7. The van der Waals surface area contributed by atoms with E-state index in [1.54, 1.807) is 11.3 Å². The molecule has 0 aliphatic carbocycles. The Bertz CT molecular complexity index is 396. The fourth-order valence-electron chi connectivity index (χ4n) is 1.20. The smallest absolute Gasteiger partial charge is 0.248 e. The molecule has 0 saturated carbocycles. The van der Waals surface area contributed by atoms with Crippen LogP contribution in [0.5, 0.6) is 0 Å². The summed E-state index contributed by atoms with van der Waals surface area (Å²) in [5.41, 5.74) is 0.995. The molecule has 0 spiro atoms. The van der Waals surface area contributed by atoms with Gasteiger partial charge in [0.2, 0.25) is 11.8 Å². The van der Waals surface area contributed by atoms with Crippen LogP contribution in [0, 0.1) is 0 Å². The van der Waals surface area contributed by atoms with Crippen LogP contribution in [0.4, 0.5) is 0 Å². The lowest BCUT2D eigenvalue weighted by molar-refractivity contribution is 0.477. The Hall–Kier alpha value is -1.20. The van der Waals surface area contributed by atoms with Crippen LogP contribution in [0.3, 0.4) is 0 Å². The molecule has 0 unspecified atom stereocenters. The fraction of sp³-hybridized carbons (Fsp3) is 0.400. The second kappa shape index (κ2) is 5.04. The number of hydrogen-bond donors (Lipinski definition) is 1. The van der Waals surface area contributed by atoms with E-state index in [4.69, 9.17) is 4.42 Å². The topological polar surface area (TPSA) is 51.0 Å². The summed E-state index contributed by atoms with van der Waals surface area (Å²) in [7, 11) is 0. The zero-order valence-electron chi connectivity index (χ0n) is 8.56. The van der Waals surface area contributed by atoms with E-state index in [1.165, 1.54) is 0 Å². The summed E-state index contributed by atoms with van der Waals surface area (Å²) in [4.78, 5) is 0. The van der Waals surface area contributed by atoms with Gasteiger partial charge < -0.3 is 9.73 Å². The number of aromatic nitrogens is 2. The summed E-state index contributed by atoms with van der Waals surface area (Å²) in [5.74, 6) is 1.24. The van der Waals surface area contributed by atoms with Crippen molar-refractivity contribution in [3.63, 3.8) is 0 Å². The molecule has 4 nitrogen and oxygen atoms in total. The summed E-state index contributed by atoms with van der Waals surface area (Å²) >= 11 is 1.62. The molecule has 0 amide bonds. The minimum Gasteiger partial charge on any atom is -0.419 e. The Kier molecular flexibility index (Phi) is 3.47. The highest BCUT2D eigenvalue weighted by molar-refractivity contribution is 7.08. The molecule has 0 aliphatic rings. The lowest BCUT2D eigenvalue weighted by Gasteiger charge is -1.96. The monoisotopic (exact) mass is 223 g/mol. The molecule has 1 N–H and O–H groups in total. The van der Waals surface area contributed by atoms with Crippen molar-refractivity contribution in [1.82, 2.24) is 15.5 Å². The van der Waals surface area contributed by atoms with Crippen LogP contribution in [0.15, 0.2) is 21.2 Å². The second-order valence-corrected chi connectivity index (χ2v) is 3.97. The first-order chi connectivity index (χ1) is 7.40. The molecule has 0 radical (unpaired) electrons. The zero-order chi connectivity index (χ0) is 10.5. The maximum atomic E-state index is 5.50. The van der Waals surface area contributed by atoms with E-state index in [0.29, 0.717) is 18.3 Å². The van der Waals surface area contributed by atoms with Crippen LogP contribution >= 0.6 is 11.3 Å². The molecule has 5 heteroatoms. The Morgan fingerprint density at radius 2 is 2.40 bits per heavy atom. The molecule has 15 heavy (non-hydrogen) atoms. The van der Waals surface area contributed by atoms with E-state index in [-0.39, 0.29) is 0 Å². The van der Waals surface area contributed by atoms with Crippen LogP contribution in [0.1, 0.15) is 19.2 Å². The van der Waals surface area contributed by atoms with E-state index in [0.717, 1.165) is 18.5 Å².